The van der Waals surface area contributed by atoms with Crippen molar-refractivity contribution < 1.29 is 8.81 Å². The van der Waals surface area contributed by atoms with Gasteiger partial charge in [0.25, 0.3) is 0 Å². The van der Waals surface area contributed by atoms with E-state index in [9.17, 15) is 4.39 Å². The quantitative estimate of drug-likeness (QED) is 0.784. The highest BCUT2D eigenvalue weighted by Crippen LogP contribution is 2.19. The van der Waals surface area contributed by atoms with Crippen LogP contribution < -0.4 is 5.32 Å². The molecular formula is C11H11FN2O. The van der Waals surface area contributed by atoms with Gasteiger partial charge in [-0.3, -0.25) is 0 Å². The summed E-state index contributed by atoms with van der Waals surface area (Å²) >= 11 is 0. The van der Waals surface area contributed by atoms with Crippen LogP contribution in [0.4, 0.5) is 10.1 Å². The normalized spacial score (nSPS) is 12.4. The van der Waals surface area contributed by atoms with Gasteiger partial charge < -0.3 is 9.73 Å². The SMILES string of the molecule is CC(Nc1ccnc(F)c1)c1ccco1. The summed E-state index contributed by atoms with van der Waals surface area (Å²) in [5, 5.41) is 3.11. The summed E-state index contributed by atoms with van der Waals surface area (Å²) in [6.45, 7) is 1.94. The first-order valence-corrected chi connectivity index (χ1v) is 4.67. The van der Waals surface area contributed by atoms with Crippen molar-refractivity contribution in [2.45, 2.75) is 13.0 Å². The van der Waals surface area contributed by atoms with Crippen LogP contribution >= 0.6 is 0 Å². The fourth-order valence-corrected chi connectivity index (χ4v) is 1.35. The smallest absolute Gasteiger partial charge is 0.214 e. The number of halogens is 1. The maximum Gasteiger partial charge on any atom is 0.214 e. The van der Waals surface area contributed by atoms with Gasteiger partial charge in [-0.25, -0.2) is 4.98 Å². The van der Waals surface area contributed by atoms with E-state index >= 15 is 0 Å². The van der Waals surface area contributed by atoms with Crippen LogP contribution in [0.15, 0.2) is 41.1 Å². The van der Waals surface area contributed by atoms with Gasteiger partial charge in [-0.1, -0.05) is 0 Å². The van der Waals surface area contributed by atoms with E-state index in [0.717, 1.165) is 5.76 Å². The first-order valence-electron chi connectivity index (χ1n) is 4.67. The molecule has 2 heterocycles. The molecule has 15 heavy (non-hydrogen) atoms. The van der Waals surface area contributed by atoms with Gasteiger partial charge in [0.15, 0.2) is 0 Å². The van der Waals surface area contributed by atoms with Crippen LogP contribution in [0.1, 0.15) is 18.7 Å². The molecule has 0 aromatic carbocycles. The molecule has 4 heteroatoms. The van der Waals surface area contributed by atoms with E-state index in [1.807, 2.05) is 19.1 Å². The molecule has 0 aliphatic carbocycles. The lowest BCUT2D eigenvalue weighted by molar-refractivity contribution is 0.490. The van der Waals surface area contributed by atoms with E-state index in [1.54, 1.807) is 12.3 Å². The second kappa shape index (κ2) is 4.13. The summed E-state index contributed by atoms with van der Waals surface area (Å²) in [6, 6.07) is 6.75. The molecular weight excluding hydrogens is 195 g/mol. The maximum absolute atomic E-state index is 12.8. The second-order valence-corrected chi connectivity index (χ2v) is 3.25. The highest BCUT2D eigenvalue weighted by molar-refractivity contribution is 5.42. The van der Waals surface area contributed by atoms with Crippen molar-refractivity contribution in [1.82, 2.24) is 4.98 Å². The van der Waals surface area contributed by atoms with Gasteiger partial charge in [-0.05, 0) is 25.1 Å². The number of anilines is 1. The number of pyridine rings is 1. The monoisotopic (exact) mass is 206 g/mol. The maximum atomic E-state index is 12.8. The van der Waals surface area contributed by atoms with Crippen molar-refractivity contribution in [1.29, 1.82) is 0 Å². The predicted molar refractivity (Wildman–Crippen MR) is 54.9 cm³/mol. The van der Waals surface area contributed by atoms with Gasteiger partial charge in [0.2, 0.25) is 5.95 Å². The minimum atomic E-state index is -0.494. The van der Waals surface area contributed by atoms with Crippen LogP contribution in [0.2, 0.25) is 0 Å². The first kappa shape index (κ1) is 9.71. The topological polar surface area (TPSA) is 38.1 Å². The number of nitrogens with one attached hydrogen (secondary N) is 1. The van der Waals surface area contributed by atoms with Crippen LogP contribution in [-0.2, 0) is 0 Å². The number of aromatic nitrogens is 1. The molecule has 2 aromatic heterocycles. The number of rotatable bonds is 3. The van der Waals surface area contributed by atoms with Gasteiger partial charge >= 0.3 is 0 Å². The Bertz CT molecular complexity index is 428. The molecule has 0 saturated heterocycles. The van der Waals surface area contributed by atoms with Gasteiger partial charge in [-0.2, -0.15) is 4.39 Å². The Labute approximate surface area is 86.9 Å². The lowest BCUT2D eigenvalue weighted by Crippen LogP contribution is -2.05. The highest BCUT2D eigenvalue weighted by atomic mass is 19.1. The Kier molecular flexibility index (Phi) is 2.67. The molecule has 0 aliphatic heterocycles. The Hall–Kier alpha value is -1.84. The van der Waals surface area contributed by atoms with Crippen LogP contribution in [0.5, 0.6) is 0 Å². The van der Waals surface area contributed by atoms with E-state index in [1.165, 1.54) is 12.3 Å². The zero-order valence-electron chi connectivity index (χ0n) is 8.27. The van der Waals surface area contributed by atoms with E-state index < -0.39 is 5.95 Å². The Morgan fingerprint density at radius 1 is 1.47 bits per heavy atom. The standard InChI is InChI=1S/C11H11FN2O/c1-8(10-3-2-6-15-10)14-9-4-5-13-11(12)7-9/h2-8H,1H3,(H,13,14). The summed E-state index contributed by atoms with van der Waals surface area (Å²) < 4.78 is 18.0. The number of hydrogen-bond donors (Lipinski definition) is 1. The summed E-state index contributed by atoms with van der Waals surface area (Å²) in [7, 11) is 0. The van der Waals surface area contributed by atoms with Crippen molar-refractivity contribution in [2.24, 2.45) is 0 Å². The van der Waals surface area contributed by atoms with E-state index in [0.29, 0.717) is 5.69 Å². The first-order chi connectivity index (χ1) is 7.25. The average molecular weight is 206 g/mol. The zero-order valence-corrected chi connectivity index (χ0v) is 8.27. The summed E-state index contributed by atoms with van der Waals surface area (Å²) in [5.41, 5.74) is 0.686. The molecule has 0 aliphatic rings. The van der Waals surface area contributed by atoms with Crippen molar-refractivity contribution in [3.05, 3.63) is 48.4 Å². The molecule has 1 atom stereocenters. The Morgan fingerprint density at radius 2 is 2.33 bits per heavy atom. The summed E-state index contributed by atoms with van der Waals surface area (Å²) in [4.78, 5) is 3.48. The molecule has 0 saturated carbocycles. The fourth-order valence-electron chi connectivity index (χ4n) is 1.35. The van der Waals surface area contributed by atoms with Gasteiger partial charge in [-0.15, -0.1) is 0 Å². The van der Waals surface area contributed by atoms with Crippen molar-refractivity contribution in [3.63, 3.8) is 0 Å². The van der Waals surface area contributed by atoms with Crippen LogP contribution in [0.25, 0.3) is 0 Å². The molecule has 0 bridgehead atoms. The fraction of sp³-hybridized carbons (Fsp3) is 0.182. The largest absolute Gasteiger partial charge is 0.467 e. The van der Waals surface area contributed by atoms with E-state index in [-0.39, 0.29) is 6.04 Å². The molecule has 3 nitrogen and oxygen atoms in total. The molecule has 2 rings (SSSR count). The number of hydrogen-bond acceptors (Lipinski definition) is 3. The highest BCUT2D eigenvalue weighted by Gasteiger charge is 2.07. The number of furan rings is 1. The van der Waals surface area contributed by atoms with Gasteiger partial charge in [0.1, 0.15) is 5.76 Å². The van der Waals surface area contributed by atoms with Crippen molar-refractivity contribution in [2.75, 3.05) is 5.32 Å². The third kappa shape index (κ3) is 2.34. The van der Waals surface area contributed by atoms with E-state index in [2.05, 4.69) is 10.3 Å². The minimum absolute atomic E-state index is 0.00167. The molecule has 1 N–H and O–H groups in total. The molecule has 0 amide bonds. The molecule has 78 valence electrons. The number of nitrogens with zero attached hydrogens (tertiary/aromatic N) is 1. The third-order valence-electron chi connectivity index (χ3n) is 2.08. The molecule has 2 aromatic rings. The molecule has 0 spiro atoms. The van der Waals surface area contributed by atoms with E-state index in [4.69, 9.17) is 4.42 Å². The Morgan fingerprint density at radius 3 is 3.00 bits per heavy atom. The van der Waals surface area contributed by atoms with Crippen molar-refractivity contribution in [3.8, 4) is 0 Å². The van der Waals surface area contributed by atoms with Crippen LogP contribution in [0, 0.1) is 5.95 Å². The molecule has 1 unspecified atom stereocenters. The molecule has 0 radical (unpaired) electrons. The lowest BCUT2D eigenvalue weighted by Gasteiger charge is -2.12. The Balaban J connectivity index is 2.09. The predicted octanol–water partition coefficient (Wildman–Crippen LogP) is 2.99. The summed E-state index contributed by atoms with van der Waals surface area (Å²) in [6.07, 6.45) is 3.03. The van der Waals surface area contributed by atoms with Gasteiger partial charge in [0, 0.05) is 18.0 Å². The molecule has 0 fully saturated rings. The van der Waals surface area contributed by atoms with Crippen molar-refractivity contribution >= 4 is 5.69 Å². The van der Waals surface area contributed by atoms with Gasteiger partial charge in [0.05, 0.1) is 12.3 Å². The lowest BCUT2D eigenvalue weighted by atomic mass is 10.2. The average Bonchev–Trinajstić information content (AvgIpc) is 2.70. The third-order valence-corrected chi connectivity index (χ3v) is 2.08. The minimum Gasteiger partial charge on any atom is -0.467 e. The second-order valence-electron chi connectivity index (χ2n) is 3.25. The summed E-state index contributed by atoms with van der Waals surface area (Å²) in [5.74, 6) is 0.318. The van der Waals surface area contributed by atoms with Crippen LogP contribution in [-0.4, -0.2) is 4.98 Å². The van der Waals surface area contributed by atoms with Crippen LogP contribution in [0.3, 0.4) is 0 Å². The zero-order chi connectivity index (χ0) is 10.7.